The molecule has 1 fully saturated rings. The van der Waals surface area contributed by atoms with Crippen LogP contribution in [0.4, 0.5) is 0 Å². The largest absolute Gasteiger partial charge is 0.378 e. The van der Waals surface area contributed by atoms with Crippen molar-refractivity contribution in [2.75, 3.05) is 6.61 Å². The van der Waals surface area contributed by atoms with Crippen LogP contribution in [0.3, 0.4) is 0 Å². The normalized spacial score (nSPS) is 27.1. The molecule has 3 rings (SSSR count). The van der Waals surface area contributed by atoms with Crippen LogP contribution < -0.4 is 0 Å². The molecule has 1 heteroatoms. The van der Waals surface area contributed by atoms with Crippen LogP contribution in [0.2, 0.25) is 0 Å². The Labute approximate surface area is 91.5 Å². The summed E-state index contributed by atoms with van der Waals surface area (Å²) in [6.07, 6.45) is 5.41. The Balaban J connectivity index is 1.84. The zero-order valence-electron chi connectivity index (χ0n) is 9.33. The van der Waals surface area contributed by atoms with E-state index in [1.807, 2.05) is 0 Å². The van der Waals surface area contributed by atoms with Gasteiger partial charge >= 0.3 is 0 Å². The maximum Gasteiger partial charge on any atom is 0.0579 e. The van der Waals surface area contributed by atoms with E-state index >= 15 is 0 Å². The van der Waals surface area contributed by atoms with E-state index in [1.165, 1.54) is 19.3 Å². The van der Waals surface area contributed by atoms with Gasteiger partial charge < -0.3 is 4.74 Å². The Bertz CT molecular complexity index is 344. The van der Waals surface area contributed by atoms with Crippen LogP contribution in [0.25, 0.3) is 0 Å². The molecule has 0 aromatic heterocycles. The van der Waals surface area contributed by atoms with Gasteiger partial charge in [0.2, 0.25) is 0 Å². The Kier molecular flexibility index (Phi) is 2.10. The molecule has 1 aromatic carbocycles. The Morgan fingerprint density at radius 1 is 1.27 bits per heavy atom. The Morgan fingerprint density at radius 2 is 1.93 bits per heavy atom. The molecule has 1 nitrogen and oxygen atoms in total. The summed E-state index contributed by atoms with van der Waals surface area (Å²) in [6, 6.07) is 8.88. The summed E-state index contributed by atoms with van der Waals surface area (Å²) in [5.74, 6) is 0. The maximum atomic E-state index is 5.87. The third-order valence-corrected chi connectivity index (χ3v) is 3.99. The fourth-order valence-electron chi connectivity index (χ4n) is 3.18. The quantitative estimate of drug-likeness (QED) is 0.680. The Morgan fingerprint density at radius 3 is 2.47 bits per heavy atom. The lowest BCUT2D eigenvalue weighted by Gasteiger charge is -2.19. The molecule has 80 valence electrons. The number of benzene rings is 1. The van der Waals surface area contributed by atoms with Gasteiger partial charge in [-0.05, 0) is 36.8 Å². The van der Waals surface area contributed by atoms with Gasteiger partial charge in [-0.2, -0.15) is 0 Å². The van der Waals surface area contributed by atoms with Gasteiger partial charge in [0.15, 0.2) is 0 Å². The number of hydrogen-bond acceptors (Lipinski definition) is 1. The van der Waals surface area contributed by atoms with Gasteiger partial charge in [-0.3, -0.25) is 0 Å². The highest BCUT2D eigenvalue weighted by Crippen LogP contribution is 2.45. The fraction of sp³-hybridized carbons (Fsp3) is 0.571. The third kappa shape index (κ3) is 1.50. The number of fused-ring (bicyclic) bond motifs is 1. The zero-order valence-corrected chi connectivity index (χ0v) is 9.33. The second kappa shape index (κ2) is 3.34. The SMILES string of the molecule is CC[C@@H]1CC2(CO1)Cc1ccccc1C2. The lowest BCUT2D eigenvalue weighted by Crippen LogP contribution is -2.21. The zero-order chi connectivity index (χ0) is 10.3. The number of ether oxygens (including phenoxy) is 1. The summed E-state index contributed by atoms with van der Waals surface area (Å²) in [5.41, 5.74) is 3.56. The summed E-state index contributed by atoms with van der Waals surface area (Å²) in [7, 11) is 0. The molecule has 0 saturated carbocycles. The lowest BCUT2D eigenvalue weighted by molar-refractivity contribution is 0.0937. The van der Waals surface area contributed by atoms with Crippen molar-refractivity contribution in [3.63, 3.8) is 0 Å². The van der Waals surface area contributed by atoms with E-state index in [1.54, 1.807) is 11.1 Å². The average Bonchev–Trinajstić information content (AvgIpc) is 2.81. The predicted molar refractivity (Wildman–Crippen MR) is 60.9 cm³/mol. The molecule has 1 aromatic rings. The van der Waals surface area contributed by atoms with E-state index in [0.29, 0.717) is 11.5 Å². The van der Waals surface area contributed by atoms with E-state index in [0.717, 1.165) is 13.0 Å². The van der Waals surface area contributed by atoms with Gasteiger partial charge in [0.25, 0.3) is 0 Å². The molecule has 0 amide bonds. The molecule has 1 spiro atoms. The van der Waals surface area contributed by atoms with Gasteiger partial charge in [0.05, 0.1) is 12.7 Å². The van der Waals surface area contributed by atoms with Crippen molar-refractivity contribution in [2.24, 2.45) is 5.41 Å². The molecule has 0 N–H and O–H groups in total. The minimum Gasteiger partial charge on any atom is -0.378 e. The summed E-state index contributed by atoms with van der Waals surface area (Å²) >= 11 is 0. The van der Waals surface area contributed by atoms with Crippen LogP contribution in [0.5, 0.6) is 0 Å². The molecular weight excluding hydrogens is 184 g/mol. The highest BCUT2D eigenvalue weighted by molar-refractivity contribution is 5.34. The molecule has 0 unspecified atom stereocenters. The van der Waals surface area contributed by atoms with Crippen molar-refractivity contribution < 1.29 is 4.74 Å². The van der Waals surface area contributed by atoms with Crippen LogP contribution in [0.1, 0.15) is 30.9 Å². The molecule has 0 bridgehead atoms. The van der Waals surface area contributed by atoms with Crippen LogP contribution in [-0.2, 0) is 17.6 Å². The second-order valence-electron chi connectivity index (χ2n) is 5.17. The summed E-state index contributed by atoms with van der Waals surface area (Å²) in [5, 5.41) is 0. The van der Waals surface area contributed by atoms with Crippen molar-refractivity contribution in [1.82, 2.24) is 0 Å². The van der Waals surface area contributed by atoms with Crippen molar-refractivity contribution in [2.45, 2.75) is 38.7 Å². The minimum absolute atomic E-state index is 0.449. The molecule has 1 saturated heterocycles. The van der Waals surface area contributed by atoms with Gasteiger partial charge in [-0.1, -0.05) is 31.2 Å². The van der Waals surface area contributed by atoms with E-state index in [2.05, 4.69) is 31.2 Å². The van der Waals surface area contributed by atoms with Crippen LogP contribution in [-0.4, -0.2) is 12.7 Å². The van der Waals surface area contributed by atoms with Gasteiger partial charge in [-0.15, -0.1) is 0 Å². The third-order valence-electron chi connectivity index (χ3n) is 3.99. The van der Waals surface area contributed by atoms with Crippen LogP contribution >= 0.6 is 0 Å². The van der Waals surface area contributed by atoms with Gasteiger partial charge in [0.1, 0.15) is 0 Å². The lowest BCUT2D eigenvalue weighted by atomic mass is 9.82. The van der Waals surface area contributed by atoms with Crippen molar-refractivity contribution >= 4 is 0 Å². The van der Waals surface area contributed by atoms with E-state index in [4.69, 9.17) is 4.74 Å². The first kappa shape index (κ1) is 9.41. The first-order chi connectivity index (χ1) is 7.31. The molecule has 2 aliphatic rings. The predicted octanol–water partition coefficient (Wildman–Crippen LogP) is 2.97. The molecule has 1 atom stereocenters. The first-order valence-corrected chi connectivity index (χ1v) is 6.00. The molecule has 1 aliphatic carbocycles. The van der Waals surface area contributed by atoms with E-state index in [-0.39, 0.29) is 0 Å². The van der Waals surface area contributed by atoms with Crippen molar-refractivity contribution in [3.05, 3.63) is 35.4 Å². The topological polar surface area (TPSA) is 9.23 Å². The molecule has 1 heterocycles. The molecule has 1 aliphatic heterocycles. The van der Waals surface area contributed by atoms with Crippen molar-refractivity contribution in [3.8, 4) is 0 Å². The van der Waals surface area contributed by atoms with Crippen LogP contribution in [0, 0.1) is 5.41 Å². The van der Waals surface area contributed by atoms with Gasteiger partial charge in [-0.25, -0.2) is 0 Å². The fourth-order valence-corrected chi connectivity index (χ4v) is 3.18. The highest BCUT2D eigenvalue weighted by atomic mass is 16.5. The number of hydrogen-bond donors (Lipinski definition) is 0. The summed E-state index contributed by atoms with van der Waals surface area (Å²) < 4.78 is 5.87. The van der Waals surface area contributed by atoms with Gasteiger partial charge in [0, 0.05) is 5.41 Å². The monoisotopic (exact) mass is 202 g/mol. The van der Waals surface area contributed by atoms with E-state index in [9.17, 15) is 0 Å². The summed E-state index contributed by atoms with van der Waals surface area (Å²) in [6.45, 7) is 3.20. The Hall–Kier alpha value is -0.820. The molecule has 0 radical (unpaired) electrons. The van der Waals surface area contributed by atoms with Crippen molar-refractivity contribution in [1.29, 1.82) is 0 Å². The van der Waals surface area contributed by atoms with Crippen LogP contribution in [0.15, 0.2) is 24.3 Å². The second-order valence-corrected chi connectivity index (χ2v) is 5.17. The number of rotatable bonds is 1. The van der Waals surface area contributed by atoms with E-state index < -0.39 is 0 Å². The molecule has 15 heavy (non-hydrogen) atoms. The average molecular weight is 202 g/mol. The minimum atomic E-state index is 0.449. The maximum absolute atomic E-state index is 5.87. The first-order valence-electron chi connectivity index (χ1n) is 6.00. The highest BCUT2D eigenvalue weighted by Gasteiger charge is 2.43. The molecular formula is C14H18O. The standard InChI is InChI=1S/C14H18O/c1-2-13-9-14(10-15-13)7-11-5-3-4-6-12(11)8-14/h3-6,13H,2,7-10H2,1H3/t13-/m1/s1. The summed E-state index contributed by atoms with van der Waals surface area (Å²) in [4.78, 5) is 0. The smallest absolute Gasteiger partial charge is 0.0579 e.